The lowest BCUT2D eigenvalue weighted by molar-refractivity contribution is 0.0950. The van der Waals surface area contributed by atoms with E-state index in [0.717, 1.165) is 23.7 Å². The second kappa shape index (κ2) is 4.91. The van der Waals surface area contributed by atoms with Crippen LogP contribution in [0.15, 0.2) is 24.3 Å². The van der Waals surface area contributed by atoms with Crippen LogP contribution in [-0.2, 0) is 0 Å². The van der Waals surface area contributed by atoms with Gasteiger partial charge in [0.05, 0.1) is 5.69 Å². The number of amides is 1. The summed E-state index contributed by atoms with van der Waals surface area (Å²) < 4.78 is 0. The second-order valence-corrected chi connectivity index (χ2v) is 4.07. The van der Waals surface area contributed by atoms with Crippen LogP contribution >= 0.6 is 0 Å². The third-order valence-electron chi connectivity index (χ3n) is 2.79. The van der Waals surface area contributed by atoms with Gasteiger partial charge in [0.25, 0.3) is 5.91 Å². The molecule has 1 amide bonds. The number of aromatic nitrogens is 1. The first kappa shape index (κ1) is 11.5. The number of fused-ring (bicyclic) bond motifs is 1. The van der Waals surface area contributed by atoms with E-state index in [4.69, 9.17) is 5.73 Å². The lowest BCUT2D eigenvalue weighted by atomic mass is 10.2. The van der Waals surface area contributed by atoms with Gasteiger partial charge in [0.2, 0.25) is 0 Å². The van der Waals surface area contributed by atoms with E-state index in [9.17, 15) is 4.79 Å². The van der Waals surface area contributed by atoms with Crippen LogP contribution in [0.4, 0.5) is 5.69 Å². The molecule has 0 fully saturated rings. The van der Waals surface area contributed by atoms with E-state index in [0.29, 0.717) is 17.9 Å². The number of hydrogen-bond donors (Lipinski definition) is 3. The van der Waals surface area contributed by atoms with Crippen LogP contribution in [0, 0.1) is 0 Å². The molecule has 4 heteroatoms. The molecule has 2 aromatic rings. The fraction of sp³-hybridized carbons (Fsp3) is 0.308. The highest BCUT2D eigenvalue weighted by Crippen LogP contribution is 2.24. The minimum atomic E-state index is -0.132. The van der Waals surface area contributed by atoms with Gasteiger partial charge in [0.15, 0.2) is 0 Å². The van der Waals surface area contributed by atoms with Crippen molar-refractivity contribution in [2.75, 3.05) is 12.3 Å². The second-order valence-electron chi connectivity index (χ2n) is 4.07. The fourth-order valence-electron chi connectivity index (χ4n) is 1.81. The highest BCUT2D eigenvalue weighted by atomic mass is 16.1. The summed E-state index contributed by atoms with van der Waals surface area (Å²) in [5.41, 5.74) is 7.83. The summed E-state index contributed by atoms with van der Waals surface area (Å²) in [6, 6.07) is 7.64. The standard InChI is InChI=1S/C13H17N3O/c1-2-3-8-15-13(17)12-11(14)9-6-4-5-7-10(9)16-12/h4-7,16H,2-3,8,14H2,1H3,(H,15,17). The Morgan fingerprint density at radius 1 is 1.41 bits per heavy atom. The topological polar surface area (TPSA) is 70.9 Å². The van der Waals surface area contributed by atoms with Crippen molar-refractivity contribution in [2.24, 2.45) is 0 Å². The van der Waals surface area contributed by atoms with Gasteiger partial charge in [-0.15, -0.1) is 0 Å². The van der Waals surface area contributed by atoms with E-state index in [-0.39, 0.29) is 5.91 Å². The van der Waals surface area contributed by atoms with Crippen molar-refractivity contribution in [1.29, 1.82) is 0 Å². The molecule has 90 valence electrons. The highest BCUT2D eigenvalue weighted by molar-refractivity contribution is 6.07. The lowest BCUT2D eigenvalue weighted by Crippen LogP contribution is -2.25. The minimum Gasteiger partial charge on any atom is -0.396 e. The van der Waals surface area contributed by atoms with E-state index in [1.807, 2.05) is 24.3 Å². The van der Waals surface area contributed by atoms with E-state index in [1.54, 1.807) is 0 Å². The summed E-state index contributed by atoms with van der Waals surface area (Å²) in [5.74, 6) is -0.132. The lowest BCUT2D eigenvalue weighted by Gasteiger charge is -2.02. The quantitative estimate of drug-likeness (QED) is 0.706. The SMILES string of the molecule is CCCCNC(=O)c1[nH]c2ccccc2c1N. The Balaban J connectivity index is 2.23. The largest absolute Gasteiger partial charge is 0.396 e. The molecular weight excluding hydrogens is 214 g/mol. The zero-order chi connectivity index (χ0) is 12.3. The number of aromatic amines is 1. The van der Waals surface area contributed by atoms with Crippen LogP contribution in [0.1, 0.15) is 30.3 Å². The number of rotatable bonds is 4. The molecule has 0 radical (unpaired) electrons. The molecule has 1 heterocycles. The van der Waals surface area contributed by atoms with Crippen molar-refractivity contribution >= 4 is 22.5 Å². The molecule has 0 spiro atoms. The number of nitrogens with one attached hydrogen (secondary N) is 2. The summed E-state index contributed by atoms with van der Waals surface area (Å²) in [6.45, 7) is 2.77. The maximum Gasteiger partial charge on any atom is 0.269 e. The van der Waals surface area contributed by atoms with Crippen LogP contribution in [0.25, 0.3) is 10.9 Å². The molecular formula is C13H17N3O. The normalized spacial score (nSPS) is 10.6. The summed E-state index contributed by atoms with van der Waals surface area (Å²) in [7, 11) is 0. The van der Waals surface area contributed by atoms with Crippen LogP contribution in [-0.4, -0.2) is 17.4 Å². The van der Waals surface area contributed by atoms with Crippen LogP contribution in [0.5, 0.6) is 0 Å². The summed E-state index contributed by atoms with van der Waals surface area (Å²) >= 11 is 0. The first-order chi connectivity index (χ1) is 8.24. The summed E-state index contributed by atoms with van der Waals surface area (Å²) in [4.78, 5) is 14.9. The molecule has 4 N–H and O–H groups in total. The molecule has 1 aromatic heterocycles. The number of nitrogen functional groups attached to an aromatic ring is 1. The molecule has 2 rings (SSSR count). The van der Waals surface area contributed by atoms with Crippen molar-refractivity contribution in [3.05, 3.63) is 30.0 Å². The maximum atomic E-state index is 11.9. The van der Waals surface area contributed by atoms with Crippen LogP contribution < -0.4 is 11.1 Å². The number of hydrogen-bond acceptors (Lipinski definition) is 2. The van der Waals surface area contributed by atoms with E-state index < -0.39 is 0 Å². The van der Waals surface area contributed by atoms with Gasteiger partial charge in [-0.3, -0.25) is 4.79 Å². The summed E-state index contributed by atoms with van der Waals surface area (Å²) in [5, 5.41) is 3.75. The van der Waals surface area contributed by atoms with Gasteiger partial charge in [0, 0.05) is 17.4 Å². The molecule has 4 nitrogen and oxygen atoms in total. The first-order valence-electron chi connectivity index (χ1n) is 5.88. The van der Waals surface area contributed by atoms with Crippen LogP contribution in [0.3, 0.4) is 0 Å². The Morgan fingerprint density at radius 3 is 2.88 bits per heavy atom. The van der Waals surface area contributed by atoms with Crippen molar-refractivity contribution in [1.82, 2.24) is 10.3 Å². The Bertz CT molecular complexity index is 530. The number of carbonyl (C=O) groups is 1. The monoisotopic (exact) mass is 231 g/mol. The number of para-hydroxylation sites is 1. The summed E-state index contributed by atoms with van der Waals surface area (Å²) in [6.07, 6.45) is 2.04. The smallest absolute Gasteiger partial charge is 0.269 e. The fourth-order valence-corrected chi connectivity index (χ4v) is 1.81. The molecule has 17 heavy (non-hydrogen) atoms. The van der Waals surface area contributed by atoms with Crippen molar-refractivity contribution < 1.29 is 4.79 Å². The first-order valence-corrected chi connectivity index (χ1v) is 5.88. The number of H-pyrrole nitrogens is 1. The Morgan fingerprint density at radius 2 is 2.18 bits per heavy atom. The van der Waals surface area contributed by atoms with Gasteiger partial charge < -0.3 is 16.0 Å². The Labute approximate surface area is 100 Å². The Hall–Kier alpha value is -1.97. The molecule has 0 saturated carbocycles. The average Bonchev–Trinajstić information content (AvgIpc) is 2.68. The predicted molar refractivity (Wildman–Crippen MR) is 70.0 cm³/mol. The number of unbranched alkanes of at least 4 members (excludes halogenated alkanes) is 1. The highest BCUT2D eigenvalue weighted by Gasteiger charge is 2.14. The van der Waals surface area contributed by atoms with Crippen LogP contribution in [0.2, 0.25) is 0 Å². The number of anilines is 1. The molecule has 0 atom stereocenters. The van der Waals surface area contributed by atoms with Gasteiger partial charge >= 0.3 is 0 Å². The third-order valence-corrected chi connectivity index (χ3v) is 2.79. The molecule has 0 aliphatic rings. The average molecular weight is 231 g/mol. The molecule has 0 saturated heterocycles. The van der Waals surface area contributed by atoms with E-state index in [2.05, 4.69) is 17.2 Å². The van der Waals surface area contributed by atoms with E-state index >= 15 is 0 Å². The zero-order valence-electron chi connectivity index (χ0n) is 9.92. The number of carbonyl (C=O) groups excluding carboxylic acids is 1. The molecule has 0 bridgehead atoms. The molecule has 0 aliphatic heterocycles. The third kappa shape index (κ3) is 2.25. The van der Waals surface area contributed by atoms with Gasteiger partial charge in [-0.05, 0) is 12.5 Å². The van der Waals surface area contributed by atoms with Crippen molar-refractivity contribution in [2.45, 2.75) is 19.8 Å². The molecule has 0 aliphatic carbocycles. The molecule has 1 aromatic carbocycles. The molecule has 0 unspecified atom stereocenters. The van der Waals surface area contributed by atoms with Gasteiger partial charge in [-0.25, -0.2) is 0 Å². The van der Waals surface area contributed by atoms with Gasteiger partial charge in [-0.2, -0.15) is 0 Å². The number of benzene rings is 1. The van der Waals surface area contributed by atoms with Gasteiger partial charge in [0.1, 0.15) is 5.69 Å². The zero-order valence-corrected chi connectivity index (χ0v) is 9.92. The van der Waals surface area contributed by atoms with Gasteiger partial charge in [-0.1, -0.05) is 31.5 Å². The maximum absolute atomic E-state index is 11.9. The van der Waals surface area contributed by atoms with E-state index in [1.165, 1.54) is 0 Å². The number of nitrogens with two attached hydrogens (primary N) is 1. The van der Waals surface area contributed by atoms with Crippen molar-refractivity contribution in [3.63, 3.8) is 0 Å². The van der Waals surface area contributed by atoms with Crippen molar-refractivity contribution in [3.8, 4) is 0 Å². The Kier molecular flexibility index (Phi) is 3.32. The predicted octanol–water partition coefficient (Wildman–Crippen LogP) is 2.28. The minimum absolute atomic E-state index is 0.132.